The van der Waals surface area contributed by atoms with Crippen molar-refractivity contribution in [3.05, 3.63) is 29.8 Å². The number of hydrogen-bond acceptors (Lipinski definition) is 7. The maximum Gasteiger partial charge on any atom is 0.451 e. The van der Waals surface area contributed by atoms with Crippen LogP contribution in [-0.4, -0.2) is 69.0 Å². The van der Waals surface area contributed by atoms with Crippen molar-refractivity contribution in [3.8, 4) is 5.75 Å². The van der Waals surface area contributed by atoms with Crippen molar-refractivity contribution in [2.24, 2.45) is 5.73 Å². The highest BCUT2D eigenvalue weighted by molar-refractivity contribution is 6.40. The van der Waals surface area contributed by atoms with Crippen molar-refractivity contribution < 1.29 is 30.2 Å². The Kier molecular flexibility index (Phi) is 14.6. The molecule has 1 aromatic rings. The molecule has 2 atom stereocenters. The maximum atomic E-state index is 11.5. The first-order valence-electron chi connectivity index (χ1n) is 8.68. The van der Waals surface area contributed by atoms with Crippen LogP contribution in [0.2, 0.25) is 6.32 Å². The highest BCUT2D eigenvalue weighted by Crippen LogP contribution is 2.21. The summed E-state index contributed by atoms with van der Waals surface area (Å²) in [5, 5.41) is 46.8. The fourth-order valence-electron chi connectivity index (χ4n) is 2.72. The van der Waals surface area contributed by atoms with Gasteiger partial charge in [0.15, 0.2) is 0 Å². The molecule has 1 aromatic carbocycles. The Balaban J connectivity index is 0. The van der Waals surface area contributed by atoms with Crippen molar-refractivity contribution in [3.63, 3.8) is 0 Å². The van der Waals surface area contributed by atoms with E-state index in [9.17, 15) is 20.1 Å². The van der Waals surface area contributed by atoms with Crippen LogP contribution in [0.4, 0.5) is 0 Å². The molecule has 0 saturated heterocycles. The molecule has 0 amide bonds. The van der Waals surface area contributed by atoms with Gasteiger partial charge in [-0.1, -0.05) is 25.0 Å². The van der Waals surface area contributed by atoms with E-state index in [1.54, 1.807) is 24.1 Å². The largest absolute Gasteiger partial charge is 0.508 e. The van der Waals surface area contributed by atoms with Crippen LogP contribution in [0.15, 0.2) is 24.3 Å². The third kappa shape index (κ3) is 10.5. The Morgan fingerprint density at radius 2 is 1.89 bits per heavy atom. The molecule has 0 saturated carbocycles. The summed E-state index contributed by atoms with van der Waals surface area (Å²) in [6.45, 7) is 0.650. The fraction of sp³-hybridized carbons (Fsp3) is 0.588. The number of aliphatic hydroxyl groups excluding tert-OH is 1. The Hall–Kier alpha value is -1.07. The molecule has 8 nitrogen and oxygen atoms in total. The normalized spacial score (nSPS) is 13.8. The van der Waals surface area contributed by atoms with E-state index in [2.05, 4.69) is 0 Å². The third-order valence-electron chi connectivity index (χ3n) is 4.44. The zero-order valence-electron chi connectivity index (χ0n) is 15.9. The molecule has 0 fully saturated rings. The summed E-state index contributed by atoms with van der Waals surface area (Å²) >= 11 is 0. The van der Waals surface area contributed by atoms with Crippen LogP contribution in [0.25, 0.3) is 0 Å². The van der Waals surface area contributed by atoms with E-state index in [1.807, 2.05) is 0 Å². The smallest absolute Gasteiger partial charge is 0.451 e. The summed E-state index contributed by atoms with van der Waals surface area (Å²) in [5.41, 5.74) is 5.20. The van der Waals surface area contributed by atoms with Crippen molar-refractivity contribution in [1.82, 2.24) is 4.90 Å². The molecule has 0 aliphatic carbocycles. The Morgan fingerprint density at radius 1 is 1.25 bits per heavy atom. The van der Waals surface area contributed by atoms with Gasteiger partial charge in [-0.05, 0) is 43.9 Å². The van der Waals surface area contributed by atoms with Crippen molar-refractivity contribution in [2.75, 3.05) is 20.1 Å². The Labute approximate surface area is 178 Å². The van der Waals surface area contributed by atoms with Gasteiger partial charge >= 0.3 is 13.1 Å². The van der Waals surface area contributed by atoms with Crippen LogP contribution in [0.5, 0.6) is 5.75 Å². The first kappa shape index (κ1) is 29.1. The van der Waals surface area contributed by atoms with E-state index in [4.69, 9.17) is 15.8 Å². The molecular weight excluding hydrogens is 410 g/mol. The van der Waals surface area contributed by atoms with Gasteiger partial charge in [0.2, 0.25) is 0 Å². The van der Waals surface area contributed by atoms with E-state index in [1.165, 1.54) is 12.1 Å². The molecule has 1 rings (SSSR count). The van der Waals surface area contributed by atoms with Gasteiger partial charge in [-0.25, -0.2) is 0 Å². The molecule has 0 aliphatic rings. The number of phenols is 1. The number of carbonyl (C=O) groups is 1. The number of hydrogen-bond donors (Lipinski definition) is 6. The molecule has 162 valence electrons. The lowest BCUT2D eigenvalue weighted by Gasteiger charge is -2.28. The minimum atomic E-state index is -1.40. The van der Waals surface area contributed by atoms with Gasteiger partial charge in [0.25, 0.3) is 0 Å². The second-order valence-corrected chi connectivity index (χ2v) is 6.81. The van der Waals surface area contributed by atoms with Gasteiger partial charge in [-0.3, -0.25) is 4.79 Å². The Bertz CT molecular complexity index is 584. The van der Waals surface area contributed by atoms with E-state index >= 15 is 0 Å². The lowest BCUT2D eigenvalue weighted by molar-refractivity contribution is -0.144. The van der Waals surface area contributed by atoms with E-state index in [-0.39, 0.29) is 56.3 Å². The fourth-order valence-corrected chi connectivity index (χ4v) is 2.72. The van der Waals surface area contributed by atoms with Crippen molar-refractivity contribution >= 4 is 37.9 Å². The standard InChI is InChI=1S/C17H29BN2O6.2ClH/c1-20(12-15(22)13-5-4-6-14(21)11-13)10-8-17(19,16(23)24)7-2-3-9-18(25)26;;/h4-6,11,15,21-22,25-26H,2-3,7-10,12,19H2,1H3,(H,23,24);2*1H. The zero-order chi connectivity index (χ0) is 19.7. The minimum absolute atomic E-state index is 0. The number of unbranched alkanes of at least 4 members (excludes halogenated alkanes) is 1. The summed E-state index contributed by atoms with van der Waals surface area (Å²) in [6.07, 6.45) is 0.776. The van der Waals surface area contributed by atoms with Crippen LogP contribution in [0, 0.1) is 0 Å². The molecule has 11 heteroatoms. The first-order chi connectivity index (χ1) is 12.1. The Morgan fingerprint density at radius 3 is 2.43 bits per heavy atom. The van der Waals surface area contributed by atoms with Gasteiger partial charge in [-0.2, -0.15) is 0 Å². The number of benzene rings is 1. The number of aliphatic hydroxyl groups is 1. The number of phenolic OH excluding ortho intramolecular Hbond substituents is 1. The number of aliphatic carboxylic acids is 1. The summed E-state index contributed by atoms with van der Waals surface area (Å²) < 4.78 is 0. The SMILES string of the molecule is CN(CCC(N)(CCCCB(O)O)C(=O)O)CC(O)c1cccc(O)c1.Cl.Cl. The number of likely N-dealkylation sites (N-methyl/N-ethyl adjacent to an activating group) is 1. The highest BCUT2D eigenvalue weighted by atomic mass is 35.5. The molecule has 28 heavy (non-hydrogen) atoms. The second-order valence-electron chi connectivity index (χ2n) is 6.81. The number of nitrogens with two attached hydrogens (primary N) is 1. The summed E-state index contributed by atoms with van der Waals surface area (Å²) in [7, 11) is 0.369. The van der Waals surface area contributed by atoms with Gasteiger partial charge < -0.3 is 36.0 Å². The molecule has 0 aliphatic heterocycles. The maximum absolute atomic E-state index is 11.5. The van der Waals surface area contributed by atoms with E-state index in [0.29, 0.717) is 24.9 Å². The third-order valence-corrected chi connectivity index (χ3v) is 4.44. The molecule has 0 radical (unpaired) electrons. The van der Waals surface area contributed by atoms with Crippen LogP contribution >= 0.6 is 24.8 Å². The van der Waals surface area contributed by atoms with Crippen LogP contribution < -0.4 is 5.73 Å². The average Bonchev–Trinajstić information content (AvgIpc) is 2.56. The minimum Gasteiger partial charge on any atom is -0.508 e. The van der Waals surface area contributed by atoms with Gasteiger partial charge in [0, 0.05) is 13.1 Å². The van der Waals surface area contributed by atoms with Gasteiger partial charge in [0.05, 0.1) is 6.10 Å². The average molecular weight is 441 g/mol. The first-order valence-corrected chi connectivity index (χ1v) is 8.68. The topological polar surface area (TPSA) is 147 Å². The summed E-state index contributed by atoms with van der Waals surface area (Å²) in [6, 6.07) is 6.36. The molecule has 0 bridgehead atoms. The van der Waals surface area contributed by atoms with Crippen molar-refractivity contribution in [2.45, 2.75) is 43.6 Å². The predicted molar refractivity (Wildman–Crippen MR) is 113 cm³/mol. The quantitative estimate of drug-likeness (QED) is 0.208. The highest BCUT2D eigenvalue weighted by Gasteiger charge is 2.33. The molecular formula is C17H31BCl2N2O6. The second kappa shape index (κ2) is 14.0. The zero-order valence-corrected chi connectivity index (χ0v) is 17.5. The molecule has 2 unspecified atom stereocenters. The molecule has 0 heterocycles. The number of carboxylic acids is 1. The van der Waals surface area contributed by atoms with Gasteiger partial charge in [-0.15, -0.1) is 24.8 Å². The summed E-state index contributed by atoms with van der Waals surface area (Å²) in [5.74, 6) is -1.02. The lowest BCUT2D eigenvalue weighted by Crippen LogP contribution is -2.50. The number of rotatable bonds is 12. The van der Waals surface area contributed by atoms with Gasteiger partial charge in [0.1, 0.15) is 11.3 Å². The number of carboxylic acid groups (broad SMARTS) is 1. The van der Waals surface area contributed by atoms with E-state index < -0.39 is 24.7 Å². The number of halogens is 2. The summed E-state index contributed by atoms with van der Waals surface area (Å²) in [4.78, 5) is 13.3. The number of aromatic hydroxyl groups is 1. The molecule has 0 aromatic heterocycles. The monoisotopic (exact) mass is 440 g/mol. The van der Waals surface area contributed by atoms with Crippen LogP contribution in [0.1, 0.15) is 37.4 Å². The predicted octanol–water partition coefficient (Wildman–Crippen LogP) is 1.02. The lowest BCUT2D eigenvalue weighted by atomic mass is 9.81. The molecule has 7 N–H and O–H groups in total. The van der Waals surface area contributed by atoms with Crippen LogP contribution in [-0.2, 0) is 4.79 Å². The van der Waals surface area contributed by atoms with Crippen LogP contribution in [0.3, 0.4) is 0 Å². The number of nitrogens with zero attached hydrogens (tertiary/aromatic N) is 1. The molecule has 0 spiro atoms. The van der Waals surface area contributed by atoms with Crippen molar-refractivity contribution in [1.29, 1.82) is 0 Å². The van der Waals surface area contributed by atoms with E-state index in [0.717, 1.165) is 0 Å².